The summed E-state index contributed by atoms with van der Waals surface area (Å²) in [5.74, 6) is 0.497. The lowest BCUT2D eigenvalue weighted by Gasteiger charge is -2.23. The fraction of sp³-hybridized carbons (Fsp3) is 0.200. The highest BCUT2D eigenvalue weighted by Crippen LogP contribution is 2.23. The van der Waals surface area contributed by atoms with Crippen LogP contribution in [-0.2, 0) is 7.05 Å². The van der Waals surface area contributed by atoms with Crippen LogP contribution in [0.2, 0.25) is 0 Å². The number of nitrogens with zero attached hydrogens (tertiary/aromatic N) is 4. The van der Waals surface area contributed by atoms with Crippen LogP contribution in [0.3, 0.4) is 0 Å². The average Bonchev–Trinajstić information content (AvgIpc) is 2.98. The van der Waals surface area contributed by atoms with Crippen molar-refractivity contribution in [3.63, 3.8) is 0 Å². The topological polar surface area (TPSA) is 65.1 Å². The van der Waals surface area contributed by atoms with Gasteiger partial charge < -0.3 is 14.6 Å². The Kier molecular flexibility index (Phi) is 4.71. The molecule has 0 amide bonds. The van der Waals surface area contributed by atoms with Gasteiger partial charge in [0.05, 0.1) is 17.6 Å². The fourth-order valence-electron chi connectivity index (χ4n) is 2.90. The minimum absolute atomic E-state index is 0.0200. The normalized spacial score (nSPS) is 11.9. The van der Waals surface area contributed by atoms with Crippen molar-refractivity contribution in [2.45, 2.75) is 6.92 Å². The molecule has 0 saturated carbocycles. The standard InChI is InChI=1S/C20H20N4O/c1-3-24(15-9-5-4-6-10-15)14-19(25)16(13-21)20-22-17-11-7-8-12-18(17)23(20)2/h4-12,25H,3,14H2,1-2H3/b19-16-. The zero-order valence-electron chi connectivity index (χ0n) is 14.3. The van der Waals surface area contributed by atoms with Crippen LogP contribution < -0.4 is 4.90 Å². The molecule has 2 aromatic carbocycles. The lowest BCUT2D eigenvalue weighted by molar-refractivity contribution is 0.402. The minimum Gasteiger partial charge on any atom is -0.509 e. The highest BCUT2D eigenvalue weighted by Gasteiger charge is 2.18. The number of hydrogen-bond acceptors (Lipinski definition) is 4. The molecule has 1 heterocycles. The number of aliphatic hydroxyl groups is 1. The molecule has 0 aliphatic rings. The van der Waals surface area contributed by atoms with Crippen LogP contribution in [0.5, 0.6) is 0 Å². The number of aryl methyl sites for hydroxylation is 1. The first kappa shape index (κ1) is 16.6. The molecule has 0 fully saturated rings. The van der Waals surface area contributed by atoms with Crippen molar-refractivity contribution in [2.75, 3.05) is 18.0 Å². The summed E-state index contributed by atoms with van der Waals surface area (Å²) in [5, 5.41) is 20.3. The van der Waals surface area contributed by atoms with Gasteiger partial charge in [0.15, 0.2) is 5.82 Å². The molecule has 3 rings (SSSR count). The molecule has 0 spiro atoms. The summed E-state index contributed by atoms with van der Waals surface area (Å²) in [6.45, 7) is 2.99. The summed E-state index contributed by atoms with van der Waals surface area (Å²) in [6.07, 6.45) is 0. The second kappa shape index (κ2) is 7.10. The van der Waals surface area contributed by atoms with Gasteiger partial charge >= 0.3 is 0 Å². The number of para-hydroxylation sites is 3. The summed E-state index contributed by atoms with van der Waals surface area (Å²) in [4.78, 5) is 6.52. The molecule has 5 heteroatoms. The predicted octanol–water partition coefficient (Wildman–Crippen LogP) is 3.89. The van der Waals surface area contributed by atoms with Crippen molar-refractivity contribution < 1.29 is 5.11 Å². The van der Waals surface area contributed by atoms with E-state index in [0.717, 1.165) is 23.3 Å². The van der Waals surface area contributed by atoms with Gasteiger partial charge in [0, 0.05) is 19.3 Å². The van der Waals surface area contributed by atoms with Crippen molar-refractivity contribution in [3.8, 4) is 6.07 Å². The van der Waals surface area contributed by atoms with Crippen LogP contribution in [0.4, 0.5) is 5.69 Å². The van der Waals surface area contributed by atoms with Gasteiger partial charge in [-0.15, -0.1) is 0 Å². The Morgan fingerprint density at radius 2 is 1.84 bits per heavy atom. The molecule has 0 bridgehead atoms. The first-order valence-corrected chi connectivity index (χ1v) is 8.19. The molecule has 0 radical (unpaired) electrons. The van der Waals surface area contributed by atoms with Crippen molar-refractivity contribution >= 4 is 22.3 Å². The summed E-state index contributed by atoms with van der Waals surface area (Å²) in [7, 11) is 1.85. The number of benzene rings is 2. The zero-order valence-corrected chi connectivity index (χ0v) is 14.3. The molecule has 1 N–H and O–H groups in total. The van der Waals surface area contributed by atoms with E-state index in [-0.39, 0.29) is 17.9 Å². The first-order chi connectivity index (χ1) is 12.2. The Morgan fingerprint density at radius 1 is 1.16 bits per heavy atom. The first-order valence-electron chi connectivity index (χ1n) is 8.19. The molecule has 0 atom stereocenters. The summed E-state index contributed by atoms with van der Waals surface area (Å²) in [5.41, 5.74) is 2.93. The lowest BCUT2D eigenvalue weighted by atomic mass is 10.2. The molecule has 0 saturated heterocycles. The Labute approximate surface area is 147 Å². The van der Waals surface area contributed by atoms with Crippen LogP contribution in [-0.4, -0.2) is 27.7 Å². The molecule has 0 aliphatic heterocycles. The highest BCUT2D eigenvalue weighted by atomic mass is 16.3. The van der Waals surface area contributed by atoms with E-state index < -0.39 is 0 Å². The number of allylic oxidation sites excluding steroid dienone is 1. The molecule has 5 nitrogen and oxygen atoms in total. The van der Waals surface area contributed by atoms with E-state index in [2.05, 4.69) is 11.1 Å². The average molecular weight is 332 g/mol. The van der Waals surface area contributed by atoms with Crippen molar-refractivity contribution in [1.82, 2.24) is 9.55 Å². The molecule has 0 aliphatic carbocycles. The molecule has 25 heavy (non-hydrogen) atoms. The number of hydrogen-bond donors (Lipinski definition) is 1. The predicted molar refractivity (Wildman–Crippen MR) is 100 cm³/mol. The van der Waals surface area contributed by atoms with Crippen LogP contribution in [0.15, 0.2) is 60.4 Å². The maximum Gasteiger partial charge on any atom is 0.155 e. The second-order valence-corrected chi connectivity index (χ2v) is 5.77. The highest BCUT2D eigenvalue weighted by molar-refractivity contribution is 5.84. The van der Waals surface area contributed by atoms with Crippen LogP contribution in [0.1, 0.15) is 12.7 Å². The molecule has 3 aromatic rings. The number of rotatable bonds is 5. The van der Waals surface area contributed by atoms with E-state index in [1.54, 1.807) is 0 Å². The molecule has 0 unspecified atom stereocenters. The number of fused-ring (bicyclic) bond motifs is 1. The van der Waals surface area contributed by atoms with Gasteiger partial charge in [-0.3, -0.25) is 0 Å². The zero-order chi connectivity index (χ0) is 17.8. The quantitative estimate of drug-likeness (QED) is 0.568. The summed E-state index contributed by atoms with van der Waals surface area (Å²) >= 11 is 0. The maximum absolute atomic E-state index is 10.6. The van der Waals surface area contributed by atoms with Crippen LogP contribution >= 0.6 is 0 Å². The van der Waals surface area contributed by atoms with Crippen LogP contribution in [0.25, 0.3) is 16.6 Å². The summed E-state index contributed by atoms with van der Waals surface area (Å²) in [6, 6.07) is 19.6. The van der Waals surface area contributed by atoms with Crippen molar-refractivity contribution in [1.29, 1.82) is 5.26 Å². The Bertz CT molecular complexity index is 951. The Morgan fingerprint density at radius 3 is 2.48 bits per heavy atom. The van der Waals surface area contributed by atoms with Gasteiger partial charge in [-0.1, -0.05) is 30.3 Å². The van der Waals surface area contributed by atoms with Crippen molar-refractivity contribution in [3.05, 3.63) is 66.2 Å². The van der Waals surface area contributed by atoms with E-state index in [4.69, 9.17) is 0 Å². The van der Waals surface area contributed by atoms with E-state index >= 15 is 0 Å². The van der Waals surface area contributed by atoms with Gasteiger partial charge in [-0.05, 0) is 31.2 Å². The Balaban J connectivity index is 2.00. The number of likely N-dealkylation sites (N-methyl/N-ethyl adjacent to an activating group) is 1. The number of anilines is 1. The smallest absolute Gasteiger partial charge is 0.155 e. The number of imidazole rings is 1. The number of aliphatic hydroxyl groups excluding tert-OH is 1. The minimum atomic E-state index is 0.0200. The van der Waals surface area contributed by atoms with Gasteiger partial charge in [0.1, 0.15) is 17.4 Å². The van der Waals surface area contributed by atoms with Gasteiger partial charge in [-0.25, -0.2) is 4.98 Å². The van der Waals surface area contributed by atoms with Gasteiger partial charge in [0.25, 0.3) is 0 Å². The molecular weight excluding hydrogens is 312 g/mol. The van der Waals surface area contributed by atoms with Crippen LogP contribution in [0, 0.1) is 11.3 Å². The molecule has 1 aromatic heterocycles. The largest absolute Gasteiger partial charge is 0.509 e. The van der Waals surface area contributed by atoms with E-state index in [0.29, 0.717) is 5.82 Å². The second-order valence-electron chi connectivity index (χ2n) is 5.77. The van der Waals surface area contributed by atoms with Gasteiger partial charge in [0.2, 0.25) is 0 Å². The maximum atomic E-state index is 10.6. The third-order valence-corrected chi connectivity index (χ3v) is 4.25. The SMILES string of the molecule is CCN(C/C(O)=C(\C#N)c1nc2ccccc2n1C)c1ccccc1. The summed E-state index contributed by atoms with van der Waals surface area (Å²) < 4.78 is 1.84. The third-order valence-electron chi connectivity index (χ3n) is 4.25. The molecular formula is C20H20N4O. The lowest BCUT2D eigenvalue weighted by Crippen LogP contribution is -2.25. The number of nitriles is 1. The monoisotopic (exact) mass is 332 g/mol. The van der Waals surface area contributed by atoms with Crippen molar-refractivity contribution in [2.24, 2.45) is 7.05 Å². The number of aromatic nitrogens is 2. The third kappa shape index (κ3) is 3.20. The van der Waals surface area contributed by atoms with E-state index in [1.807, 2.05) is 78.0 Å². The fourth-order valence-corrected chi connectivity index (χ4v) is 2.90. The Hall–Kier alpha value is -3.26. The molecule has 126 valence electrons. The van der Waals surface area contributed by atoms with E-state index in [1.165, 1.54) is 0 Å². The van der Waals surface area contributed by atoms with Gasteiger partial charge in [-0.2, -0.15) is 5.26 Å². The van der Waals surface area contributed by atoms with E-state index in [9.17, 15) is 10.4 Å².